The predicted molar refractivity (Wildman–Crippen MR) is 385 cm³/mol. The number of cyclic esters (lactones) is 1. The first-order chi connectivity index (χ1) is 46.2. The monoisotopic (exact) mass is 1430 g/mol. The molecule has 3 heterocycles. The average Bonchev–Trinajstić information content (AvgIpc) is 1.71. The standard InChI is InChI=1S/C40H68N4O10SSi.C30H46N4O7S/c1-12-14-15-16-17-21-33(46)55-23-19-18-20-29(25-32(45)51-22-24-56(9,10)11)53-38(49)34(27(3)4)44-36(47)30(13-2)42-37(48)35-28(5)52-31(43-35)26-41-39(50)54-40(6,7)8;1-6-8-9-10-11-15-25(36)42-16-13-12-14-21-17-23(35)31-18-24-33-27(20(5)40-24)29(38)32-22(7-2)28(37)34-26(19(3)4)30(39)41-21/h13,18,20,27-29,34-35H,12,14-17,19,21-26H2,1-11H3,(H,41,50)(H,42,48)(H,44,47);7,12,14,19-21,26-27H,6,8-11,13,15-18H2,1-5H3,(H,31,35)(H,32,38)(H,34,37)/b20-18+,30-13-;14-12+,22-7-/t28-,29-,34+,35?;20-,21-,26+,27?/m11/s1. The molecular formula is C70H114N8O17S2Si. The van der Waals surface area contributed by atoms with Gasteiger partial charge >= 0.3 is 24.0 Å². The first kappa shape index (κ1) is 87.3. The van der Waals surface area contributed by atoms with Crippen molar-refractivity contribution < 1.29 is 81.2 Å². The number of alkyl carbamates (subject to hydrolysis) is 1. The van der Waals surface area contributed by atoms with E-state index in [1.54, 1.807) is 100 Å². The van der Waals surface area contributed by atoms with Crippen molar-refractivity contribution in [2.24, 2.45) is 21.8 Å². The molecule has 98 heavy (non-hydrogen) atoms. The third-order valence-electron chi connectivity index (χ3n) is 15.0. The van der Waals surface area contributed by atoms with E-state index >= 15 is 0 Å². The molecule has 552 valence electrons. The quantitative estimate of drug-likeness (QED) is 0.00858. The number of carbonyl (C=O) groups is 11. The maximum absolute atomic E-state index is 13.6. The Kier molecular flexibility index (Phi) is 41.4. The Hall–Kier alpha value is -6.81. The molecule has 0 saturated carbocycles. The van der Waals surface area contributed by atoms with Crippen LogP contribution >= 0.6 is 23.5 Å². The van der Waals surface area contributed by atoms with Crippen molar-refractivity contribution in [3.05, 3.63) is 47.9 Å². The topological polar surface area (TPSA) is 340 Å². The van der Waals surface area contributed by atoms with E-state index in [0.717, 1.165) is 51.0 Å². The van der Waals surface area contributed by atoms with Gasteiger partial charge in [-0.05, 0) is 104 Å². The van der Waals surface area contributed by atoms with Gasteiger partial charge in [-0.1, -0.05) is 160 Å². The summed E-state index contributed by atoms with van der Waals surface area (Å²) in [7, 11) is -1.45. The van der Waals surface area contributed by atoms with Crippen molar-refractivity contribution in [3.8, 4) is 0 Å². The molecule has 0 aromatic rings. The molecule has 28 heteroatoms. The molecular weight excluding hydrogens is 1320 g/mol. The molecule has 8 atom stereocenters. The normalized spacial score (nSPS) is 20.5. The second-order valence-corrected chi connectivity index (χ2v) is 35.0. The van der Waals surface area contributed by atoms with Crippen molar-refractivity contribution in [2.45, 2.75) is 273 Å². The summed E-state index contributed by atoms with van der Waals surface area (Å²) in [5, 5.41) is 16.0. The third-order valence-corrected chi connectivity index (χ3v) is 18.7. The maximum atomic E-state index is 13.6. The van der Waals surface area contributed by atoms with Gasteiger partial charge in [0.15, 0.2) is 22.3 Å². The summed E-state index contributed by atoms with van der Waals surface area (Å²) in [6.07, 6.45) is 18.5. The van der Waals surface area contributed by atoms with Crippen molar-refractivity contribution in [1.82, 2.24) is 31.9 Å². The van der Waals surface area contributed by atoms with Crippen LogP contribution in [0.3, 0.4) is 0 Å². The number of esters is 3. The number of allylic oxidation sites excluding steroid dienone is 4. The van der Waals surface area contributed by atoms with Crippen LogP contribution in [0.15, 0.2) is 57.8 Å². The fraction of sp³-hybridized carbons (Fsp3) is 0.700. The van der Waals surface area contributed by atoms with E-state index in [9.17, 15) is 52.7 Å². The summed E-state index contributed by atoms with van der Waals surface area (Å²) in [5.41, 5.74) is -0.840. The number of thioether (sulfide) groups is 2. The summed E-state index contributed by atoms with van der Waals surface area (Å²) in [6, 6.07) is -3.28. The third kappa shape index (κ3) is 36.9. The molecule has 0 radical (unpaired) electrons. The molecule has 6 amide bonds. The molecule has 3 rings (SSSR count). The fourth-order valence-electron chi connectivity index (χ4n) is 9.42. The van der Waals surface area contributed by atoms with Crippen LogP contribution in [0.5, 0.6) is 0 Å². The van der Waals surface area contributed by atoms with Gasteiger partial charge in [-0.25, -0.2) is 24.4 Å². The van der Waals surface area contributed by atoms with E-state index in [1.807, 2.05) is 0 Å². The van der Waals surface area contributed by atoms with E-state index in [4.69, 9.17) is 28.4 Å². The highest BCUT2D eigenvalue weighted by Crippen LogP contribution is 2.21. The molecule has 0 aliphatic carbocycles. The second-order valence-electron chi connectivity index (χ2n) is 27.1. The maximum Gasteiger partial charge on any atom is 0.408 e. The zero-order valence-corrected chi connectivity index (χ0v) is 63.6. The zero-order chi connectivity index (χ0) is 73.5. The van der Waals surface area contributed by atoms with Gasteiger partial charge in [-0.2, -0.15) is 0 Å². The number of rotatable bonds is 35. The van der Waals surface area contributed by atoms with Gasteiger partial charge in [-0.15, -0.1) is 0 Å². The van der Waals surface area contributed by atoms with Gasteiger partial charge < -0.3 is 60.3 Å². The molecule has 3 aliphatic rings. The second kappa shape index (κ2) is 46.5. The van der Waals surface area contributed by atoms with Crippen LogP contribution in [-0.2, 0) is 76.4 Å². The van der Waals surface area contributed by atoms with Gasteiger partial charge in [-0.3, -0.25) is 38.4 Å². The largest absolute Gasteiger partial charge is 0.474 e. The number of fused-ring (bicyclic) bond motifs is 1. The van der Waals surface area contributed by atoms with E-state index in [2.05, 4.69) is 75.4 Å². The summed E-state index contributed by atoms with van der Waals surface area (Å²) >= 11 is 2.55. The average molecular weight is 1430 g/mol. The Morgan fingerprint density at radius 3 is 1.97 bits per heavy atom. The molecule has 6 N–H and O–H groups in total. The summed E-state index contributed by atoms with van der Waals surface area (Å²) in [4.78, 5) is 150. The minimum atomic E-state index is -1.45. The Morgan fingerprint density at radius 1 is 0.796 bits per heavy atom. The summed E-state index contributed by atoms with van der Waals surface area (Å²) in [5.74, 6) is -4.27. The van der Waals surface area contributed by atoms with Crippen molar-refractivity contribution >= 4 is 107 Å². The van der Waals surface area contributed by atoms with Gasteiger partial charge in [0.1, 0.15) is 53.5 Å². The number of aliphatic imine (C=N–C) groups is 2. The van der Waals surface area contributed by atoms with Gasteiger partial charge in [0.2, 0.25) is 17.7 Å². The predicted octanol–water partition coefficient (Wildman–Crippen LogP) is 9.94. The molecule has 2 bridgehead atoms. The van der Waals surface area contributed by atoms with E-state index in [1.165, 1.54) is 54.9 Å². The Morgan fingerprint density at radius 2 is 1.41 bits per heavy atom. The molecule has 0 aromatic heterocycles. The van der Waals surface area contributed by atoms with Crippen LogP contribution in [0, 0.1) is 11.8 Å². The lowest BCUT2D eigenvalue weighted by atomic mass is 10.0. The first-order valence-corrected chi connectivity index (χ1v) is 40.4. The van der Waals surface area contributed by atoms with Crippen LogP contribution in [0.25, 0.3) is 0 Å². The fourth-order valence-corrected chi connectivity index (χ4v) is 11.7. The smallest absolute Gasteiger partial charge is 0.408 e. The minimum absolute atomic E-state index is 0.0286. The Bertz CT molecular complexity index is 2830. The lowest BCUT2D eigenvalue weighted by Crippen LogP contribution is -2.49. The summed E-state index contributed by atoms with van der Waals surface area (Å²) in [6.45, 7) is 29.6. The lowest BCUT2D eigenvalue weighted by molar-refractivity contribution is -0.156. The van der Waals surface area contributed by atoms with E-state index in [0.29, 0.717) is 37.2 Å². The van der Waals surface area contributed by atoms with Gasteiger partial charge in [0, 0.05) is 32.4 Å². The van der Waals surface area contributed by atoms with Crippen LogP contribution < -0.4 is 31.9 Å². The number of hydrogen-bond donors (Lipinski definition) is 6. The van der Waals surface area contributed by atoms with Crippen LogP contribution in [0.1, 0.15) is 193 Å². The number of carbonyl (C=O) groups excluding carboxylic acids is 11. The molecule has 0 fully saturated rings. The number of nitrogens with one attached hydrogen (secondary N) is 6. The number of unbranched alkanes of at least 4 members (excludes halogenated alkanes) is 8. The molecule has 25 nitrogen and oxygen atoms in total. The van der Waals surface area contributed by atoms with Crippen LogP contribution in [0.4, 0.5) is 4.79 Å². The number of ether oxygens (including phenoxy) is 6. The lowest BCUT2D eigenvalue weighted by Gasteiger charge is -2.24. The van der Waals surface area contributed by atoms with Crippen molar-refractivity contribution in [3.63, 3.8) is 0 Å². The van der Waals surface area contributed by atoms with Gasteiger partial charge in [0.05, 0.1) is 32.5 Å². The number of hydrogen-bond acceptors (Lipinski definition) is 21. The number of amides is 6. The van der Waals surface area contributed by atoms with E-state index in [-0.39, 0.29) is 71.9 Å². The number of nitrogens with zero attached hydrogens (tertiary/aromatic N) is 2. The SMILES string of the molecule is C/C=C(\NC(=O)C1N=C(CNC(=O)OC(C)(C)C)O[C@@H]1C)C(=O)N[C@H](C(=O)O[C@H](/C=C/CCSC(=O)CCCCCCC)CC(=O)OCC[Si](C)(C)C)C(C)C.C/C=C1\NC(=O)C2N=C(CNC(=O)C[C@@H](/C=C/CCSC(=O)CCCCCCC)OC(=O)[C@H](C(C)C)NC1=O)O[C@@H]2C. The van der Waals surface area contributed by atoms with Crippen LogP contribution in [-0.4, -0.2) is 169 Å². The summed E-state index contributed by atoms with van der Waals surface area (Å²) < 4.78 is 33.4. The Labute approximate surface area is 590 Å². The van der Waals surface area contributed by atoms with Crippen molar-refractivity contribution in [2.75, 3.05) is 31.2 Å². The highest BCUT2D eigenvalue weighted by molar-refractivity contribution is 8.13. The molecule has 2 unspecified atom stereocenters. The Balaban J connectivity index is 0.000000693. The van der Waals surface area contributed by atoms with Crippen molar-refractivity contribution in [1.29, 1.82) is 0 Å². The highest BCUT2D eigenvalue weighted by Gasteiger charge is 2.38. The first-order valence-electron chi connectivity index (χ1n) is 34.7. The molecule has 0 spiro atoms. The highest BCUT2D eigenvalue weighted by atomic mass is 32.2. The molecule has 0 saturated heterocycles. The van der Waals surface area contributed by atoms with Crippen LogP contribution in [0.2, 0.25) is 25.7 Å². The zero-order valence-electron chi connectivity index (χ0n) is 60.9. The molecule has 3 aliphatic heterocycles. The van der Waals surface area contributed by atoms with Gasteiger partial charge in [0.25, 0.3) is 23.6 Å². The molecule has 0 aromatic carbocycles. The van der Waals surface area contributed by atoms with E-state index < -0.39 is 122 Å². The minimum Gasteiger partial charge on any atom is -0.474 e.